The Labute approximate surface area is 161 Å². The number of hydrogen-bond acceptors (Lipinski definition) is 4. The summed E-state index contributed by atoms with van der Waals surface area (Å²) in [4.78, 5) is 22.3. The van der Waals surface area contributed by atoms with Gasteiger partial charge in [-0.2, -0.15) is 0 Å². The number of aromatic nitrogens is 2. The summed E-state index contributed by atoms with van der Waals surface area (Å²) >= 11 is 0. The lowest BCUT2D eigenvalue weighted by atomic mass is 9.96. The van der Waals surface area contributed by atoms with E-state index in [-0.39, 0.29) is 17.7 Å². The van der Waals surface area contributed by atoms with Crippen molar-refractivity contribution in [2.24, 2.45) is 11.8 Å². The number of hydrogen-bond donors (Lipinski definition) is 1. The average molecular weight is 390 g/mol. The van der Waals surface area contributed by atoms with Gasteiger partial charge in [-0.05, 0) is 42.7 Å². The van der Waals surface area contributed by atoms with E-state index in [9.17, 15) is 18.0 Å². The van der Waals surface area contributed by atoms with E-state index in [0.717, 1.165) is 31.3 Å². The first-order chi connectivity index (χ1) is 13.5. The lowest BCUT2D eigenvalue weighted by Gasteiger charge is -2.32. The minimum atomic E-state index is -0.867. The number of carbonyl (C=O) groups excluding carboxylic acids is 1. The Bertz CT molecular complexity index is 853. The highest BCUT2D eigenvalue weighted by Crippen LogP contribution is 2.49. The molecule has 8 heteroatoms. The first kappa shape index (κ1) is 18.7. The van der Waals surface area contributed by atoms with Gasteiger partial charge >= 0.3 is 0 Å². The minimum Gasteiger partial charge on any atom is -0.354 e. The van der Waals surface area contributed by atoms with Crippen molar-refractivity contribution in [1.29, 1.82) is 0 Å². The van der Waals surface area contributed by atoms with E-state index in [0.29, 0.717) is 43.5 Å². The Morgan fingerprint density at radius 3 is 2.57 bits per heavy atom. The largest absolute Gasteiger partial charge is 0.354 e. The third-order valence-corrected chi connectivity index (χ3v) is 5.58. The molecule has 1 aliphatic heterocycles. The monoisotopic (exact) mass is 390 g/mol. The summed E-state index contributed by atoms with van der Waals surface area (Å²) in [5, 5.41) is 3.09. The van der Waals surface area contributed by atoms with Crippen LogP contribution in [0.4, 0.5) is 19.1 Å². The highest BCUT2D eigenvalue weighted by atomic mass is 19.2. The van der Waals surface area contributed by atoms with Gasteiger partial charge in [-0.15, -0.1) is 0 Å². The Morgan fingerprint density at radius 1 is 1.14 bits per heavy atom. The average Bonchev–Trinajstić information content (AvgIpc) is 3.50. The third kappa shape index (κ3) is 3.95. The van der Waals surface area contributed by atoms with Crippen LogP contribution in [-0.4, -0.2) is 40.4 Å². The van der Waals surface area contributed by atoms with Crippen molar-refractivity contribution in [2.45, 2.75) is 25.2 Å². The van der Waals surface area contributed by atoms with Crippen LogP contribution in [0.3, 0.4) is 0 Å². The van der Waals surface area contributed by atoms with Crippen LogP contribution < -0.4 is 5.32 Å². The molecule has 28 heavy (non-hydrogen) atoms. The van der Waals surface area contributed by atoms with Crippen molar-refractivity contribution < 1.29 is 18.0 Å². The van der Waals surface area contributed by atoms with E-state index in [1.807, 2.05) is 4.90 Å². The number of piperidine rings is 1. The van der Waals surface area contributed by atoms with Gasteiger partial charge in [-0.25, -0.2) is 23.1 Å². The second kappa shape index (κ2) is 7.77. The van der Waals surface area contributed by atoms with Gasteiger partial charge < -0.3 is 10.2 Å². The summed E-state index contributed by atoms with van der Waals surface area (Å²) in [6, 6.07) is 4.14. The Kier molecular flexibility index (Phi) is 5.19. The van der Waals surface area contributed by atoms with Crippen molar-refractivity contribution in [2.75, 3.05) is 25.0 Å². The fraction of sp³-hybridized carbons (Fsp3) is 0.450. The van der Waals surface area contributed by atoms with Gasteiger partial charge in [0.2, 0.25) is 11.9 Å². The van der Waals surface area contributed by atoms with Gasteiger partial charge in [-0.1, -0.05) is 12.1 Å². The lowest BCUT2D eigenvalue weighted by Crippen LogP contribution is -2.41. The summed E-state index contributed by atoms with van der Waals surface area (Å²) < 4.78 is 40.2. The van der Waals surface area contributed by atoms with Crippen LogP contribution in [0.15, 0.2) is 30.6 Å². The molecular weight excluding hydrogens is 369 g/mol. The van der Waals surface area contributed by atoms with Crippen molar-refractivity contribution in [3.8, 4) is 0 Å². The molecular formula is C20H21F3N4O. The van der Waals surface area contributed by atoms with Crippen LogP contribution in [0, 0.1) is 29.3 Å². The molecule has 1 aromatic heterocycles. The topological polar surface area (TPSA) is 58.1 Å². The molecule has 0 radical (unpaired) electrons. The van der Waals surface area contributed by atoms with Crippen molar-refractivity contribution in [3.63, 3.8) is 0 Å². The fourth-order valence-corrected chi connectivity index (χ4v) is 3.85. The van der Waals surface area contributed by atoms with Gasteiger partial charge in [-0.3, -0.25) is 4.79 Å². The molecule has 148 valence electrons. The molecule has 1 aromatic carbocycles. The standard InChI is InChI=1S/C20H21F3N4O/c21-13-10-25-20(26-11-13)24-9-12-4-6-27(7-5-12)19(28)16-8-15(16)14-2-1-3-17(22)18(14)23/h1-3,10-12,15-16H,4-9H2,(H,24,25,26)/t15-,16+/m1/s1. The Balaban J connectivity index is 1.25. The molecule has 1 saturated heterocycles. The number of carbonyl (C=O) groups is 1. The van der Waals surface area contributed by atoms with Crippen molar-refractivity contribution in [1.82, 2.24) is 14.9 Å². The van der Waals surface area contributed by atoms with Gasteiger partial charge in [0.05, 0.1) is 12.4 Å². The van der Waals surface area contributed by atoms with E-state index in [4.69, 9.17) is 0 Å². The Morgan fingerprint density at radius 2 is 1.86 bits per heavy atom. The molecule has 0 unspecified atom stereocenters. The molecule has 2 atom stereocenters. The molecule has 4 rings (SSSR count). The van der Waals surface area contributed by atoms with Gasteiger partial charge in [0.15, 0.2) is 17.5 Å². The van der Waals surface area contributed by atoms with E-state index in [1.54, 1.807) is 6.07 Å². The van der Waals surface area contributed by atoms with Crippen LogP contribution >= 0.6 is 0 Å². The summed E-state index contributed by atoms with van der Waals surface area (Å²) in [7, 11) is 0. The first-order valence-electron chi connectivity index (χ1n) is 9.47. The van der Waals surface area contributed by atoms with E-state index < -0.39 is 17.5 Å². The molecule has 0 bridgehead atoms. The summed E-state index contributed by atoms with van der Waals surface area (Å²) in [6.45, 7) is 1.95. The summed E-state index contributed by atoms with van der Waals surface area (Å²) in [5.41, 5.74) is 0.303. The predicted molar refractivity (Wildman–Crippen MR) is 97.0 cm³/mol. The van der Waals surface area contributed by atoms with E-state index in [1.165, 1.54) is 6.07 Å². The lowest BCUT2D eigenvalue weighted by molar-refractivity contribution is -0.134. The number of nitrogens with zero attached hydrogens (tertiary/aromatic N) is 3. The predicted octanol–water partition coefficient (Wildman–Crippen LogP) is 3.35. The maximum atomic E-state index is 13.9. The van der Waals surface area contributed by atoms with Gasteiger partial charge in [0.1, 0.15) is 0 Å². The molecule has 2 aliphatic rings. The number of benzene rings is 1. The maximum Gasteiger partial charge on any atom is 0.226 e. The summed E-state index contributed by atoms with van der Waals surface area (Å²) in [6.07, 6.45) is 4.48. The number of anilines is 1. The Hall–Kier alpha value is -2.64. The van der Waals surface area contributed by atoms with Crippen molar-refractivity contribution >= 4 is 11.9 Å². The van der Waals surface area contributed by atoms with Crippen LogP contribution in [0.25, 0.3) is 0 Å². The van der Waals surface area contributed by atoms with Crippen LogP contribution in [0.1, 0.15) is 30.7 Å². The molecule has 2 fully saturated rings. The highest BCUT2D eigenvalue weighted by molar-refractivity contribution is 5.83. The molecule has 2 aromatic rings. The molecule has 1 aliphatic carbocycles. The zero-order chi connectivity index (χ0) is 19.7. The number of rotatable bonds is 5. The van der Waals surface area contributed by atoms with Crippen LogP contribution in [-0.2, 0) is 4.79 Å². The minimum absolute atomic E-state index is 0.0296. The highest BCUT2D eigenvalue weighted by Gasteiger charge is 2.47. The number of nitrogens with one attached hydrogen (secondary N) is 1. The fourth-order valence-electron chi connectivity index (χ4n) is 3.85. The number of amides is 1. The second-order valence-corrected chi connectivity index (χ2v) is 7.47. The van der Waals surface area contributed by atoms with Crippen LogP contribution in [0.2, 0.25) is 0 Å². The molecule has 5 nitrogen and oxygen atoms in total. The zero-order valence-corrected chi connectivity index (χ0v) is 15.2. The molecule has 2 heterocycles. The molecule has 0 spiro atoms. The van der Waals surface area contributed by atoms with Crippen molar-refractivity contribution in [3.05, 3.63) is 53.6 Å². The molecule has 1 amide bonds. The maximum absolute atomic E-state index is 13.9. The SMILES string of the molecule is O=C([C@H]1C[C@@H]1c1cccc(F)c1F)N1CCC(CNc2ncc(F)cn2)CC1. The second-order valence-electron chi connectivity index (χ2n) is 7.47. The zero-order valence-electron chi connectivity index (χ0n) is 15.2. The number of likely N-dealkylation sites (tertiary alicyclic amines) is 1. The molecule has 1 saturated carbocycles. The summed E-state index contributed by atoms with van der Waals surface area (Å²) in [5.74, 6) is -1.87. The van der Waals surface area contributed by atoms with E-state index >= 15 is 0 Å². The van der Waals surface area contributed by atoms with Gasteiger partial charge in [0.25, 0.3) is 0 Å². The smallest absolute Gasteiger partial charge is 0.226 e. The number of halogens is 3. The van der Waals surface area contributed by atoms with Gasteiger partial charge in [0, 0.05) is 25.6 Å². The quantitative estimate of drug-likeness (QED) is 0.851. The first-order valence-corrected chi connectivity index (χ1v) is 9.47. The normalized spacial score (nSPS) is 22.2. The van der Waals surface area contributed by atoms with E-state index in [2.05, 4.69) is 15.3 Å². The third-order valence-electron chi connectivity index (χ3n) is 5.58. The molecule has 1 N–H and O–H groups in total. The van der Waals surface area contributed by atoms with Crippen LogP contribution in [0.5, 0.6) is 0 Å².